The maximum absolute atomic E-state index is 5.95. The zero-order valence-corrected chi connectivity index (χ0v) is 10.1. The average Bonchev–Trinajstić information content (AvgIpc) is 2.18. The normalized spacial score (nSPS) is 10.7. The number of rotatable bonds is 5. The molecule has 0 amide bonds. The molecule has 0 spiro atoms. The van der Waals surface area contributed by atoms with Gasteiger partial charge in [-0.1, -0.05) is 11.6 Å². The first-order valence-electron chi connectivity index (χ1n) is 5.28. The molecule has 0 saturated heterocycles. The zero-order chi connectivity index (χ0) is 11.3. The van der Waals surface area contributed by atoms with Crippen LogP contribution in [-0.2, 0) is 6.42 Å². The van der Waals surface area contributed by atoms with Gasteiger partial charge in [-0.2, -0.15) is 0 Å². The van der Waals surface area contributed by atoms with Crippen LogP contribution in [0.4, 0.5) is 0 Å². The number of ether oxygens (including phenoxy) is 1. The van der Waals surface area contributed by atoms with Crippen LogP contribution in [-0.4, -0.2) is 12.6 Å². The van der Waals surface area contributed by atoms with Gasteiger partial charge < -0.3 is 10.5 Å². The Balaban J connectivity index is 2.82. The molecule has 0 radical (unpaired) electrons. The molecule has 84 valence electrons. The van der Waals surface area contributed by atoms with Crippen molar-refractivity contribution in [1.29, 1.82) is 0 Å². The van der Waals surface area contributed by atoms with Gasteiger partial charge in [0, 0.05) is 5.02 Å². The highest BCUT2D eigenvalue weighted by molar-refractivity contribution is 6.30. The van der Waals surface area contributed by atoms with Crippen molar-refractivity contribution in [2.75, 3.05) is 6.54 Å². The Hall–Kier alpha value is -0.730. The minimum absolute atomic E-state index is 0.183. The number of hydrogen-bond acceptors (Lipinski definition) is 2. The minimum Gasteiger partial charge on any atom is -0.491 e. The van der Waals surface area contributed by atoms with Crippen LogP contribution in [0, 0.1) is 0 Å². The Bertz CT molecular complexity index is 312. The van der Waals surface area contributed by atoms with Crippen LogP contribution in [0.15, 0.2) is 18.2 Å². The first-order chi connectivity index (χ1) is 7.13. The highest BCUT2D eigenvalue weighted by Crippen LogP contribution is 2.24. The Morgan fingerprint density at radius 3 is 2.73 bits per heavy atom. The second kappa shape index (κ2) is 5.99. The summed E-state index contributed by atoms with van der Waals surface area (Å²) in [5.41, 5.74) is 6.63. The molecule has 1 rings (SSSR count). The lowest BCUT2D eigenvalue weighted by atomic mass is 10.1. The van der Waals surface area contributed by atoms with Crippen LogP contribution in [0.1, 0.15) is 25.8 Å². The van der Waals surface area contributed by atoms with Gasteiger partial charge in [0.15, 0.2) is 0 Å². The van der Waals surface area contributed by atoms with Gasteiger partial charge in [0.1, 0.15) is 5.75 Å². The molecule has 0 unspecified atom stereocenters. The molecular formula is C12H18ClNO. The summed E-state index contributed by atoms with van der Waals surface area (Å²) in [4.78, 5) is 0. The van der Waals surface area contributed by atoms with Crippen molar-refractivity contribution in [3.63, 3.8) is 0 Å². The third-order valence-electron chi connectivity index (χ3n) is 2.04. The summed E-state index contributed by atoms with van der Waals surface area (Å²) in [7, 11) is 0. The molecule has 0 fully saturated rings. The van der Waals surface area contributed by atoms with Crippen molar-refractivity contribution in [2.24, 2.45) is 5.73 Å². The number of halogens is 1. The van der Waals surface area contributed by atoms with E-state index in [1.807, 2.05) is 32.0 Å². The van der Waals surface area contributed by atoms with Gasteiger partial charge in [0.2, 0.25) is 0 Å². The highest BCUT2D eigenvalue weighted by Gasteiger charge is 2.06. The predicted octanol–water partition coefficient (Wildman–Crippen LogP) is 3.02. The van der Waals surface area contributed by atoms with Crippen molar-refractivity contribution < 1.29 is 4.74 Å². The lowest BCUT2D eigenvalue weighted by molar-refractivity contribution is 0.240. The van der Waals surface area contributed by atoms with Gasteiger partial charge in [-0.05, 0) is 57.0 Å². The fourth-order valence-corrected chi connectivity index (χ4v) is 1.60. The fraction of sp³-hybridized carbons (Fsp3) is 0.500. The minimum atomic E-state index is 0.183. The van der Waals surface area contributed by atoms with Gasteiger partial charge >= 0.3 is 0 Å². The van der Waals surface area contributed by atoms with Crippen molar-refractivity contribution in [3.8, 4) is 5.75 Å². The quantitative estimate of drug-likeness (QED) is 0.839. The molecule has 2 N–H and O–H groups in total. The maximum atomic E-state index is 5.95. The van der Waals surface area contributed by atoms with E-state index in [-0.39, 0.29) is 6.10 Å². The summed E-state index contributed by atoms with van der Waals surface area (Å²) in [6.07, 6.45) is 2.05. The van der Waals surface area contributed by atoms with E-state index < -0.39 is 0 Å². The molecule has 0 heterocycles. The molecule has 0 bridgehead atoms. The smallest absolute Gasteiger partial charge is 0.122 e. The molecule has 1 aromatic carbocycles. The van der Waals surface area contributed by atoms with E-state index >= 15 is 0 Å². The largest absolute Gasteiger partial charge is 0.491 e. The van der Waals surface area contributed by atoms with E-state index in [9.17, 15) is 0 Å². The third kappa shape index (κ3) is 4.10. The number of aryl methyl sites for hydroxylation is 1. The third-order valence-corrected chi connectivity index (χ3v) is 2.27. The summed E-state index contributed by atoms with van der Waals surface area (Å²) in [6.45, 7) is 4.72. The van der Waals surface area contributed by atoms with Crippen LogP contribution in [0.5, 0.6) is 5.75 Å². The summed E-state index contributed by atoms with van der Waals surface area (Å²) >= 11 is 5.95. The SMILES string of the molecule is CC(C)Oc1ccc(Cl)cc1CCCN. The van der Waals surface area contributed by atoms with Gasteiger partial charge in [-0.25, -0.2) is 0 Å². The molecule has 1 aromatic rings. The second-order valence-electron chi connectivity index (χ2n) is 3.81. The van der Waals surface area contributed by atoms with E-state index in [4.69, 9.17) is 22.1 Å². The number of nitrogens with two attached hydrogens (primary N) is 1. The molecule has 0 aliphatic rings. The molecule has 0 aliphatic heterocycles. The molecule has 0 aromatic heterocycles. The summed E-state index contributed by atoms with van der Waals surface area (Å²) in [5.74, 6) is 0.919. The van der Waals surface area contributed by atoms with Crippen molar-refractivity contribution >= 4 is 11.6 Å². The van der Waals surface area contributed by atoms with Gasteiger partial charge in [-0.3, -0.25) is 0 Å². The van der Waals surface area contributed by atoms with Crippen LogP contribution in [0.2, 0.25) is 5.02 Å². The van der Waals surface area contributed by atoms with Crippen LogP contribution in [0.3, 0.4) is 0 Å². The monoisotopic (exact) mass is 227 g/mol. The number of hydrogen-bond donors (Lipinski definition) is 1. The van der Waals surface area contributed by atoms with Gasteiger partial charge in [0.25, 0.3) is 0 Å². The van der Waals surface area contributed by atoms with Crippen LogP contribution in [0.25, 0.3) is 0 Å². The molecule has 3 heteroatoms. The molecule has 2 nitrogen and oxygen atoms in total. The van der Waals surface area contributed by atoms with E-state index in [1.54, 1.807) is 0 Å². The van der Waals surface area contributed by atoms with Crippen LogP contribution < -0.4 is 10.5 Å². The zero-order valence-electron chi connectivity index (χ0n) is 9.29. The summed E-state index contributed by atoms with van der Waals surface area (Å²) < 4.78 is 5.70. The molecule has 0 aliphatic carbocycles. The maximum Gasteiger partial charge on any atom is 0.122 e. The predicted molar refractivity (Wildman–Crippen MR) is 64.6 cm³/mol. The lowest BCUT2D eigenvalue weighted by Crippen LogP contribution is -2.08. The standard InChI is InChI=1S/C12H18ClNO/c1-9(2)15-12-6-5-11(13)8-10(12)4-3-7-14/h5-6,8-9H,3-4,7,14H2,1-2H3. The lowest BCUT2D eigenvalue weighted by Gasteiger charge is -2.14. The topological polar surface area (TPSA) is 35.2 Å². The average molecular weight is 228 g/mol. The Morgan fingerprint density at radius 1 is 1.40 bits per heavy atom. The van der Waals surface area contributed by atoms with Gasteiger partial charge in [-0.15, -0.1) is 0 Å². The number of benzene rings is 1. The van der Waals surface area contributed by atoms with E-state index in [1.165, 1.54) is 0 Å². The first kappa shape index (κ1) is 12.3. The van der Waals surface area contributed by atoms with Crippen molar-refractivity contribution in [2.45, 2.75) is 32.8 Å². The molecular weight excluding hydrogens is 210 g/mol. The molecule has 0 atom stereocenters. The first-order valence-corrected chi connectivity index (χ1v) is 5.66. The van der Waals surface area contributed by atoms with Gasteiger partial charge in [0.05, 0.1) is 6.10 Å². The highest BCUT2D eigenvalue weighted by atomic mass is 35.5. The Morgan fingerprint density at radius 2 is 2.13 bits per heavy atom. The van der Waals surface area contributed by atoms with Crippen LogP contribution >= 0.6 is 11.6 Å². The Kier molecular flexibility index (Phi) is 4.92. The van der Waals surface area contributed by atoms with E-state index in [2.05, 4.69) is 0 Å². The van der Waals surface area contributed by atoms with E-state index in [0.29, 0.717) is 6.54 Å². The Labute approximate surface area is 96.4 Å². The summed E-state index contributed by atoms with van der Waals surface area (Å²) in [6, 6.07) is 5.73. The fourth-order valence-electron chi connectivity index (χ4n) is 1.40. The van der Waals surface area contributed by atoms with E-state index in [0.717, 1.165) is 29.2 Å². The molecule has 15 heavy (non-hydrogen) atoms. The van der Waals surface area contributed by atoms with Crippen molar-refractivity contribution in [1.82, 2.24) is 0 Å². The second-order valence-corrected chi connectivity index (χ2v) is 4.25. The van der Waals surface area contributed by atoms with Crippen molar-refractivity contribution in [3.05, 3.63) is 28.8 Å². The summed E-state index contributed by atoms with van der Waals surface area (Å²) in [5, 5.41) is 0.748. The molecule has 0 saturated carbocycles.